The van der Waals surface area contributed by atoms with Gasteiger partial charge in [0, 0.05) is 31.7 Å². The molecule has 2 aromatic rings. The first kappa shape index (κ1) is 20.3. The largest absolute Gasteiger partial charge is 0.384 e. The van der Waals surface area contributed by atoms with Crippen molar-refractivity contribution in [3.8, 4) is 0 Å². The fourth-order valence-electron chi connectivity index (χ4n) is 2.83. The van der Waals surface area contributed by atoms with Crippen LogP contribution in [0.15, 0.2) is 27.6 Å². The van der Waals surface area contributed by atoms with Crippen LogP contribution >= 0.6 is 0 Å². The molecule has 1 aromatic carbocycles. The van der Waals surface area contributed by atoms with Gasteiger partial charge in [0.1, 0.15) is 5.76 Å². The molecule has 0 aliphatic rings. The molecule has 0 saturated heterocycles. The molecule has 0 saturated carbocycles. The van der Waals surface area contributed by atoms with Crippen molar-refractivity contribution in [2.75, 3.05) is 30.3 Å². The van der Waals surface area contributed by atoms with Crippen LogP contribution < -0.4 is 10.6 Å². The van der Waals surface area contributed by atoms with Gasteiger partial charge in [-0.1, -0.05) is 19.0 Å². The number of aromatic nitrogens is 1. The van der Waals surface area contributed by atoms with Crippen molar-refractivity contribution in [2.24, 2.45) is 0 Å². The molecule has 26 heavy (non-hydrogen) atoms. The minimum Gasteiger partial charge on any atom is -0.384 e. The minimum atomic E-state index is -3.51. The van der Waals surface area contributed by atoms with Crippen LogP contribution in [0.25, 0.3) is 0 Å². The van der Waals surface area contributed by atoms with Crippen LogP contribution in [0, 0.1) is 13.8 Å². The molecule has 0 amide bonds. The molecule has 0 fully saturated rings. The van der Waals surface area contributed by atoms with Gasteiger partial charge in [-0.05, 0) is 39.0 Å². The van der Waals surface area contributed by atoms with Crippen molar-refractivity contribution in [1.82, 2.24) is 9.46 Å². The van der Waals surface area contributed by atoms with Crippen molar-refractivity contribution in [3.63, 3.8) is 0 Å². The third kappa shape index (κ3) is 4.19. The first-order valence-electron chi connectivity index (χ1n) is 8.88. The highest BCUT2D eigenvalue weighted by atomic mass is 32.2. The number of benzene rings is 1. The number of rotatable bonds is 9. The zero-order chi connectivity index (χ0) is 19.3. The highest BCUT2D eigenvalue weighted by Gasteiger charge is 2.22. The second-order valence-electron chi connectivity index (χ2n) is 5.98. The van der Waals surface area contributed by atoms with E-state index in [0.29, 0.717) is 19.6 Å². The van der Waals surface area contributed by atoms with Gasteiger partial charge in [-0.15, -0.1) is 0 Å². The van der Waals surface area contributed by atoms with E-state index in [1.165, 1.54) is 4.31 Å². The van der Waals surface area contributed by atoms with Gasteiger partial charge < -0.3 is 15.2 Å². The highest BCUT2D eigenvalue weighted by molar-refractivity contribution is 7.89. The van der Waals surface area contributed by atoms with Crippen LogP contribution in [0.1, 0.15) is 37.8 Å². The lowest BCUT2D eigenvalue weighted by Gasteiger charge is -2.20. The van der Waals surface area contributed by atoms with Crippen LogP contribution in [0.4, 0.5) is 11.4 Å². The zero-order valence-electron chi connectivity index (χ0n) is 16.1. The van der Waals surface area contributed by atoms with Crippen LogP contribution in [-0.2, 0) is 16.6 Å². The maximum Gasteiger partial charge on any atom is 0.243 e. The topological polar surface area (TPSA) is 87.5 Å². The van der Waals surface area contributed by atoms with Crippen molar-refractivity contribution in [3.05, 3.63) is 35.2 Å². The second kappa shape index (κ2) is 8.55. The Morgan fingerprint density at radius 2 is 1.77 bits per heavy atom. The Labute approximate surface area is 155 Å². The van der Waals surface area contributed by atoms with E-state index in [9.17, 15) is 8.42 Å². The Kier molecular flexibility index (Phi) is 6.66. The predicted molar refractivity (Wildman–Crippen MR) is 104 cm³/mol. The van der Waals surface area contributed by atoms with Crippen LogP contribution in [0.2, 0.25) is 0 Å². The van der Waals surface area contributed by atoms with Crippen LogP contribution in [-0.4, -0.2) is 37.5 Å². The molecule has 2 rings (SSSR count). The van der Waals surface area contributed by atoms with E-state index >= 15 is 0 Å². The summed E-state index contributed by atoms with van der Waals surface area (Å²) in [7, 11) is -3.51. The average molecular weight is 381 g/mol. The van der Waals surface area contributed by atoms with E-state index in [1.807, 2.05) is 34.6 Å². The molecule has 0 unspecified atom stereocenters. The van der Waals surface area contributed by atoms with E-state index in [4.69, 9.17) is 4.52 Å². The lowest BCUT2D eigenvalue weighted by Crippen LogP contribution is -2.30. The predicted octanol–water partition coefficient (Wildman–Crippen LogP) is 3.37. The Balaban J connectivity index is 2.36. The van der Waals surface area contributed by atoms with Gasteiger partial charge in [0.15, 0.2) is 0 Å². The van der Waals surface area contributed by atoms with Gasteiger partial charge in [0.25, 0.3) is 0 Å². The molecule has 0 atom stereocenters. The molecular formula is C18H28N4O3S. The van der Waals surface area contributed by atoms with Crippen molar-refractivity contribution in [1.29, 1.82) is 0 Å². The smallest absolute Gasteiger partial charge is 0.243 e. The Hall–Kier alpha value is -2.06. The normalized spacial score (nSPS) is 11.8. The van der Waals surface area contributed by atoms with Gasteiger partial charge in [-0.2, -0.15) is 4.31 Å². The zero-order valence-corrected chi connectivity index (χ0v) is 16.9. The maximum atomic E-state index is 12.8. The molecule has 1 aromatic heterocycles. The van der Waals surface area contributed by atoms with Crippen molar-refractivity contribution >= 4 is 21.4 Å². The Bertz CT molecular complexity index is 823. The standard InChI is InChI=1S/C18H28N4O3S/c1-6-19-17-10-9-15(26(23,24)22(7-2)8-3)11-18(17)20-12-16-13(4)21-25-14(16)5/h9-11,19-20H,6-8,12H2,1-5H3. The lowest BCUT2D eigenvalue weighted by molar-refractivity contribution is 0.392. The summed E-state index contributed by atoms with van der Waals surface area (Å²) < 4.78 is 32.3. The molecule has 1 heterocycles. The first-order chi connectivity index (χ1) is 12.3. The number of nitrogens with zero attached hydrogens (tertiary/aromatic N) is 2. The Morgan fingerprint density at radius 3 is 2.31 bits per heavy atom. The molecule has 7 nitrogen and oxygen atoms in total. The van der Waals surface area contributed by atoms with Crippen molar-refractivity contribution < 1.29 is 12.9 Å². The summed E-state index contributed by atoms with van der Waals surface area (Å²) in [5.41, 5.74) is 3.40. The van der Waals surface area contributed by atoms with Crippen LogP contribution in [0.5, 0.6) is 0 Å². The molecular weight excluding hydrogens is 352 g/mol. The molecule has 0 aliphatic heterocycles. The quantitative estimate of drug-likeness (QED) is 0.693. The molecule has 0 aliphatic carbocycles. The van der Waals surface area contributed by atoms with Crippen LogP contribution in [0.3, 0.4) is 0 Å². The summed E-state index contributed by atoms with van der Waals surface area (Å²) in [5, 5.41) is 10.5. The molecule has 0 spiro atoms. The van der Waals surface area contributed by atoms with E-state index in [-0.39, 0.29) is 4.90 Å². The summed E-state index contributed by atoms with van der Waals surface area (Å²) in [5.74, 6) is 0.756. The minimum absolute atomic E-state index is 0.282. The number of hydrogen-bond acceptors (Lipinski definition) is 6. The van der Waals surface area contributed by atoms with Gasteiger partial charge >= 0.3 is 0 Å². The third-order valence-electron chi connectivity index (χ3n) is 4.34. The van der Waals surface area contributed by atoms with Gasteiger partial charge in [0.05, 0.1) is 22.0 Å². The van der Waals surface area contributed by atoms with E-state index < -0.39 is 10.0 Å². The molecule has 0 radical (unpaired) electrons. The molecule has 0 bridgehead atoms. The first-order valence-corrected chi connectivity index (χ1v) is 10.3. The van der Waals surface area contributed by atoms with E-state index in [1.54, 1.807) is 18.2 Å². The van der Waals surface area contributed by atoms with E-state index in [0.717, 1.165) is 34.9 Å². The maximum absolute atomic E-state index is 12.8. The van der Waals surface area contributed by atoms with Gasteiger partial charge in [-0.3, -0.25) is 0 Å². The monoisotopic (exact) mass is 380 g/mol. The summed E-state index contributed by atoms with van der Waals surface area (Å²) in [6.07, 6.45) is 0. The number of sulfonamides is 1. The number of aryl methyl sites for hydroxylation is 2. The Morgan fingerprint density at radius 1 is 1.08 bits per heavy atom. The second-order valence-corrected chi connectivity index (χ2v) is 7.92. The fourth-order valence-corrected chi connectivity index (χ4v) is 4.31. The molecule has 2 N–H and O–H groups in total. The van der Waals surface area contributed by atoms with Crippen molar-refractivity contribution in [2.45, 2.75) is 46.1 Å². The third-order valence-corrected chi connectivity index (χ3v) is 6.38. The van der Waals surface area contributed by atoms with Gasteiger partial charge in [-0.25, -0.2) is 8.42 Å². The molecule has 144 valence electrons. The summed E-state index contributed by atoms with van der Waals surface area (Å²) in [4.78, 5) is 0.282. The highest BCUT2D eigenvalue weighted by Crippen LogP contribution is 2.28. The fraction of sp³-hybridized carbons (Fsp3) is 0.500. The SMILES string of the molecule is CCNc1ccc(S(=O)(=O)N(CC)CC)cc1NCc1c(C)noc1C. The summed E-state index contributed by atoms with van der Waals surface area (Å²) in [6, 6.07) is 5.13. The van der Waals surface area contributed by atoms with E-state index in [2.05, 4.69) is 15.8 Å². The lowest BCUT2D eigenvalue weighted by atomic mass is 10.2. The summed E-state index contributed by atoms with van der Waals surface area (Å²) in [6.45, 7) is 11.6. The van der Waals surface area contributed by atoms with Gasteiger partial charge in [0.2, 0.25) is 10.0 Å². The average Bonchev–Trinajstić information content (AvgIpc) is 2.93. The number of nitrogens with one attached hydrogen (secondary N) is 2. The molecule has 8 heteroatoms. The number of hydrogen-bond donors (Lipinski definition) is 2. The number of anilines is 2. The summed E-state index contributed by atoms with van der Waals surface area (Å²) >= 11 is 0.